The fourth-order valence-corrected chi connectivity index (χ4v) is 9.73. The van der Waals surface area contributed by atoms with Gasteiger partial charge in [0.2, 0.25) is 17.6 Å². The summed E-state index contributed by atoms with van der Waals surface area (Å²) in [4.78, 5) is 68.2. The predicted octanol–water partition coefficient (Wildman–Crippen LogP) is 16.5. The number of hydrazine groups is 4. The van der Waals surface area contributed by atoms with Crippen LogP contribution in [0.5, 0.6) is 5.88 Å². The number of nitrogens with one attached hydrogen (secondary N) is 5. The molecule has 5 N–H and O–H groups in total. The molecule has 0 bridgehead atoms. The van der Waals surface area contributed by atoms with Crippen molar-refractivity contribution in [3.63, 3.8) is 0 Å². The topological polar surface area (TPSA) is 306 Å². The van der Waals surface area contributed by atoms with Crippen molar-refractivity contribution < 1.29 is 24.3 Å². The number of benzene rings is 10. The van der Waals surface area contributed by atoms with Gasteiger partial charge in [0.1, 0.15) is 31.2 Å². The quantitative estimate of drug-likeness (QED) is 0.0311. The molecular formula is C75H64N18O8. The van der Waals surface area contributed by atoms with Crippen molar-refractivity contribution in [3.05, 3.63) is 376 Å². The van der Waals surface area contributed by atoms with Crippen LogP contribution in [0.1, 0.15) is 17.2 Å². The van der Waals surface area contributed by atoms with Gasteiger partial charge in [-0.05, 0) is 108 Å². The smallest absolute Gasteiger partial charge is 0.374 e. The van der Waals surface area contributed by atoms with Crippen LogP contribution in [0.4, 0.5) is 84.9 Å². The van der Waals surface area contributed by atoms with Crippen LogP contribution < -0.4 is 51.8 Å². The molecule has 0 saturated carbocycles. The summed E-state index contributed by atoms with van der Waals surface area (Å²) in [6.07, 6.45) is 5.99. The molecule has 13 aromatic rings. The van der Waals surface area contributed by atoms with Gasteiger partial charge < -0.3 is 10.1 Å². The van der Waals surface area contributed by atoms with Gasteiger partial charge in [-0.1, -0.05) is 206 Å². The van der Waals surface area contributed by atoms with Crippen LogP contribution in [0, 0.1) is 30.3 Å². The Morgan fingerprint density at radius 1 is 0.376 bits per heavy atom. The first-order chi connectivity index (χ1) is 49.5. The Balaban J connectivity index is 0.000000146. The number of nitrogens with zero attached hydrogens (tertiary/aromatic N) is 13. The summed E-state index contributed by atoms with van der Waals surface area (Å²) in [5, 5.41) is 43.4. The van der Waals surface area contributed by atoms with Crippen molar-refractivity contribution in [2.75, 3.05) is 43.4 Å². The van der Waals surface area contributed by atoms with E-state index < -0.39 is 14.8 Å². The Bertz CT molecular complexity index is 4400. The zero-order valence-electron chi connectivity index (χ0n) is 53.9. The van der Waals surface area contributed by atoms with Crippen LogP contribution in [-0.2, 0) is 0 Å². The lowest BCUT2D eigenvalue weighted by atomic mass is 9.99. The van der Waals surface area contributed by atoms with Crippen LogP contribution in [0.25, 0.3) is 0 Å². The van der Waals surface area contributed by atoms with E-state index in [-0.39, 0.29) is 52.6 Å². The number of rotatable bonds is 22. The summed E-state index contributed by atoms with van der Waals surface area (Å²) in [6, 6.07) is 95.9. The molecule has 502 valence electrons. The van der Waals surface area contributed by atoms with Gasteiger partial charge in [-0.25, -0.2) is 35.1 Å². The van der Waals surface area contributed by atoms with Crippen molar-refractivity contribution in [1.29, 1.82) is 0 Å². The van der Waals surface area contributed by atoms with Crippen LogP contribution in [0.3, 0.4) is 0 Å². The maximum absolute atomic E-state index is 13.1. The number of urea groups is 1. The lowest BCUT2D eigenvalue weighted by molar-refractivity contribution is -0.385. The molecule has 10 aromatic carbocycles. The largest absolute Gasteiger partial charge is 0.476 e. The number of anilines is 11. The molecule has 0 saturated heterocycles. The molecule has 3 heterocycles. The number of hydrogen-bond donors (Lipinski definition) is 5. The third-order valence-corrected chi connectivity index (χ3v) is 14.4. The Kier molecular flexibility index (Phi) is 24.4. The molecule has 0 aliphatic rings. The van der Waals surface area contributed by atoms with Crippen LogP contribution >= 0.6 is 0 Å². The molecule has 13 rings (SSSR count). The van der Waals surface area contributed by atoms with Gasteiger partial charge in [0.05, 0.1) is 73.4 Å². The minimum Gasteiger partial charge on any atom is -0.476 e. The highest BCUT2D eigenvalue weighted by Crippen LogP contribution is 2.35. The zero-order valence-corrected chi connectivity index (χ0v) is 53.9. The van der Waals surface area contributed by atoms with E-state index in [0.717, 1.165) is 56.6 Å². The molecule has 0 aliphatic carbocycles. The monoisotopic (exact) mass is 1340 g/mol. The van der Waals surface area contributed by atoms with E-state index in [1.54, 1.807) is 20.0 Å². The van der Waals surface area contributed by atoms with E-state index in [0.29, 0.717) is 0 Å². The maximum Gasteiger partial charge on any atom is 0.374 e. The molecule has 0 fully saturated rings. The molecule has 101 heavy (non-hydrogen) atoms. The van der Waals surface area contributed by atoms with E-state index >= 15 is 0 Å². The van der Waals surface area contributed by atoms with Gasteiger partial charge in [0.25, 0.3) is 5.88 Å². The number of carbonyl (C=O) groups excluding carboxylic acids is 1. The number of ether oxygens (including phenoxy) is 1. The molecule has 0 spiro atoms. The number of hydrogen-bond acceptors (Lipinski definition) is 21. The highest BCUT2D eigenvalue weighted by molar-refractivity contribution is 5.80. The average Bonchev–Trinajstić information content (AvgIpc) is 0.862. The summed E-state index contributed by atoms with van der Waals surface area (Å²) in [6.45, 7) is 0. The molecule has 0 aliphatic heterocycles. The zero-order chi connectivity index (χ0) is 70.4. The van der Waals surface area contributed by atoms with Gasteiger partial charge in [-0.2, -0.15) is 4.98 Å². The van der Waals surface area contributed by atoms with Gasteiger partial charge in [-0.15, -0.1) is 0 Å². The SMILES string of the molecule is COc1ncnc(NN(c2ccccc2)c2ccccc2)c1[N+](=O)[O-].O=C(NC(c1ccccc1)c1ccccc1)NN(c1ccccc1)c1ccccc1.O=[N+]([O-])c1cnc(NN(c2ccccc2)c2ccccc2)nc1.O=[N+]([O-])c1cncnc1NN(c1ccccc1)c1ccccc1. The normalized spacial score (nSPS) is 10.2. The van der Waals surface area contributed by atoms with E-state index in [1.807, 2.05) is 303 Å². The molecule has 0 atom stereocenters. The molecular weight excluding hydrogens is 1280 g/mol. The van der Waals surface area contributed by atoms with Crippen LogP contribution in [0.15, 0.2) is 335 Å². The third kappa shape index (κ3) is 19.5. The van der Waals surface area contributed by atoms with Crippen molar-refractivity contribution in [2.45, 2.75) is 6.04 Å². The maximum atomic E-state index is 13.1. The Morgan fingerprint density at radius 3 is 1.04 bits per heavy atom. The first-order valence-corrected chi connectivity index (χ1v) is 31.0. The molecule has 26 heteroatoms. The van der Waals surface area contributed by atoms with Gasteiger partial charge in [0, 0.05) is 0 Å². The second kappa shape index (κ2) is 35.7. The number of nitro groups is 3. The second-order valence-electron chi connectivity index (χ2n) is 21.1. The first-order valence-electron chi connectivity index (χ1n) is 31.0. The lowest BCUT2D eigenvalue weighted by Crippen LogP contribution is -2.46. The number of amides is 2. The van der Waals surface area contributed by atoms with E-state index in [4.69, 9.17) is 4.74 Å². The van der Waals surface area contributed by atoms with Crippen molar-refractivity contribution in [3.8, 4) is 5.88 Å². The number of carbonyl (C=O) groups is 1. The van der Waals surface area contributed by atoms with E-state index in [2.05, 4.69) is 56.9 Å². The fourth-order valence-electron chi connectivity index (χ4n) is 9.73. The number of aromatic nitrogens is 6. The Hall–Kier alpha value is -14.7. The summed E-state index contributed by atoms with van der Waals surface area (Å²) >= 11 is 0. The fraction of sp³-hybridized carbons (Fsp3) is 0.0267. The van der Waals surface area contributed by atoms with E-state index in [9.17, 15) is 35.1 Å². The third-order valence-electron chi connectivity index (χ3n) is 14.4. The number of methoxy groups -OCH3 is 1. The summed E-state index contributed by atoms with van der Waals surface area (Å²) < 4.78 is 4.99. The molecule has 0 radical (unpaired) electrons. The molecule has 3 aromatic heterocycles. The Labute approximate surface area is 579 Å². The van der Waals surface area contributed by atoms with Crippen molar-refractivity contribution >= 4 is 86.2 Å². The average molecular weight is 1350 g/mol. The standard InChI is InChI=1S/C26H23N3O.C17H15N5O3.2C16H13N5O2/c30-26(27-25(21-13-5-1-6-14-21)22-15-7-2-8-16-22)28-29(23-17-9-3-10-18-23)24-19-11-4-12-20-24;1-25-17-15(22(23)24)16(18-12-19-17)20-21(13-8-4-2-5-9-13)14-10-6-3-7-11-14;22-21(23)15-11-17-12-18-16(15)19-20(13-7-3-1-4-8-13)14-9-5-2-6-10-14;22-21(23)15-11-17-16(18-12-15)19-20(13-7-3-1-4-8-13)14-9-5-2-6-10-14/h1-20,25H,(H2,27,28,30);2-12H,1H3,(H,18,19,20);2*1-12H,(H,17,18,19). The van der Waals surface area contributed by atoms with Gasteiger partial charge in [0.15, 0.2) is 0 Å². The highest BCUT2D eigenvalue weighted by atomic mass is 16.6. The summed E-state index contributed by atoms with van der Waals surface area (Å²) in [5.74, 6) is 0.314. The lowest BCUT2D eigenvalue weighted by Gasteiger charge is -2.27. The van der Waals surface area contributed by atoms with E-state index in [1.165, 1.54) is 38.4 Å². The summed E-state index contributed by atoms with van der Waals surface area (Å²) in [5.41, 5.74) is 20.2. The molecule has 26 nitrogen and oxygen atoms in total. The summed E-state index contributed by atoms with van der Waals surface area (Å²) in [7, 11) is 1.32. The minimum absolute atomic E-state index is 0.0320. The predicted molar refractivity (Wildman–Crippen MR) is 390 cm³/mol. The molecule has 0 unspecified atom stereocenters. The Morgan fingerprint density at radius 2 is 0.703 bits per heavy atom. The first kappa shape index (κ1) is 69.1. The van der Waals surface area contributed by atoms with Gasteiger partial charge >= 0.3 is 23.1 Å². The van der Waals surface area contributed by atoms with Crippen molar-refractivity contribution in [1.82, 2.24) is 40.6 Å². The highest BCUT2D eigenvalue weighted by Gasteiger charge is 2.27. The van der Waals surface area contributed by atoms with Gasteiger partial charge in [-0.3, -0.25) is 66.7 Å². The van der Waals surface area contributed by atoms with Crippen LogP contribution in [-0.4, -0.2) is 57.8 Å². The molecule has 2 amide bonds. The second-order valence-corrected chi connectivity index (χ2v) is 21.1. The number of para-hydroxylation sites is 8. The van der Waals surface area contributed by atoms with Crippen LogP contribution in [0.2, 0.25) is 0 Å². The van der Waals surface area contributed by atoms with Crippen molar-refractivity contribution in [2.24, 2.45) is 0 Å². The minimum atomic E-state index is -0.574.